The van der Waals surface area contributed by atoms with Crippen LogP contribution in [0.3, 0.4) is 0 Å². The molecule has 0 amide bonds. The quantitative estimate of drug-likeness (QED) is 0.348. The molecule has 0 fully saturated rings. The molecule has 0 unspecified atom stereocenters. The second-order valence-electron chi connectivity index (χ2n) is 4.79. The third-order valence-electron chi connectivity index (χ3n) is 2.48. The third kappa shape index (κ3) is 8.22. The third-order valence-corrected chi connectivity index (χ3v) is 2.48. The number of hydrogen-bond donors (Lipinski definition) is 0. The van der Waals surface area contributed by atoms with Gasteiger partial charge in [0.1, 0.15) is 0 Å². The molecule has 0 aromatic rings. The molecule has 0 saturated carbocycles. The van der Waals surface area contributed by atoms with Gasteiger partial charge in [0.05, 0.1) is 6.61 Å². The normalized spacial score (nSPS) is 11.1. The van der Waals surface area contributed by atoms with E-state index in [9.17, 15) is 4.79 Å². The number of esters is 1. The topological polar surface area (TPSA) is 26.3 Å². The molecule has 0 rings (SSSR count). The van der Waals surface area contributed by atoms with E-state index in [4.69, 9.17) is 4.74 Å². The Morgan fingerprint density at radius 2 is 2.00 bits per heavy atom. The van der Waals surface area contributed by atoms with Crippen LogP contribution in [0.15, 0.2) is 12.7 Å². The minimum Gasteiger partial charge on any atom is -0.462 e. The van der Waals surface area contributed by atoms with Crippen LogP contribution >= 0.6 is 0 Å². The lowest BCUT2D eigenvalue weighted by atomic mass is 9.88. The molecule has 0 aliphatic heterocycles. The number of carbonyl (C=O) groups is 1. The van der Waals surface area contributed by atoms with Crippen molar-refractivity contribution < 1.29 is 9.53 Å². The minimum atomic E-state index is -0.323. The van der Waals surface area contributed by atoms with Crippen molar-refractivity contribution in [2.24, 2.45) is 5.41 Å². The van der Waals surface area contributed by atoms with E-state index in [2.05, 4.69) is 27.4 Å². The van der Waals surface area contributed by atoms with Gasteiger partial charge in [0.2, 0.25) is 0 Å². The van der Waals surface area contributed by atoms with Crippen molar-refractivity contribution >= 4 is 5.97 Å². The summed E-state index contributed by atoms with van der Waals surface area (Å²) in [4.78, 5) is 10.9. The van der Waals surface area contributed by atoms with Gasteiger partial charge in [0.25, 0.3) is 0 Å². The summed E-state index contributed by atoms with van der Waals surface area (Å²) in [5.74, 6) is -0.323. The Bertz CT molecular complexity index is 195. The number of unbranched alkanes of at least 4 members (excludes halogenated alkanes) is 3. The van der Waals surface area contributed by atoms with E-state index in [1.807, 2.05) is 0 Å². The molecule has 0 N–H and O–H groups in total. The first kappa shape index (κ1) is 14.2. The standard InChI is InChI=1S/C13H24O2/c1-5-7-8-9-10-13(3,4)11-15-12(14)6-2/h6H,2,5,7-11H2,1,3-4H3. The lowest BCUT2D eigenvalue weighted by Gasteiger charge is -2.23. The lowest BCUT2D eigenvalue weighted by Crippen LogP contribution is -2.21. The van der Waals surface area contributed by atoms with Gasteiger partial charge in [-0.3, -0.25) is 0 Å². The van der Waals surface area contributed by atoms with Gasteiger partial charge >= 0.3 is 5.97 Å². The molecule has 0 aromatic heterocycles. The van der Waals surface area contributed by atoms with Gasteiger partial charge < -0.3 is 4.74 Å². The number of rotatable bonds is 8. The Morgan fingerprint density at radius 1 is 1.33 bits per heavy atom. The van der Waals surface area contributed by atoms with Crippen molar-refractivity contribution in [1.82, 2.24) is 0 Å². The molecule has 15 heavy (non-hydrogen) atoms. The first-order valence-electron chi connectivity index (χ1n) is 5.81. The van der Waals surface area contributed by atoms with E-state index in [0.29, 0.717) is 6.61 Å². The molecule has 0 aromatic carbocycles. The van der Waals surface area contributed by atoms with Gasteiger partial charge in [-0.2, -0.15) is 0 Å². The second kappa shape index (κ2) is 7.49. The van der Waals surface area contributed by atoms with E-state index in [0.717, 1.165) is 6.42 Å². The average Bonchev–Trinajstić information content (AvgIpc) is 2.21. The van der Waals surface area contributed by atoms with Crippen molar-refractivity contribution in [2.45, 2.75) is 52.9 Å². The van der Waals surface area contributed by atoms with Gasteiger partial charge in [0, 0.05) is 6.08 Å². The Hall–Kier alpha value is -0.790. The van der Waals surface area contributed by atoms with E-state index in [1.54, 1.807) is 0 Å². The van der Waals surface area contributed by atoms with Gasteiger partial charge in [-0.05, 0) is 11.8 Å². The maximum absolute atomic E-state index is 10.9. The van der Waals surface area contributed by atoms with Crippen LogP contribution in [-0.4, -0.2) is 12.6 Å². The van der Waals surface area contributed by atoms with Crippen LogP contribution in [0.5, 0.6) is 0 Å². The maximum atomic E-state index is 10.9. The highest BCUT2D eigenvalue weighted by molar-refractivity contribution is 5.81. The Labute approximate surface area is 93.7 Å². The molecular weight excluding hydrogens is 188 g/mol. The highest BCUT2D eigenvalue weighted by Gasteiger charge is 2.18. The first-order chi connectivity index (χ1) is 7.02. The maximum Gasteiger partial charge on any atom is 0.330 e. The molecule has 0 aliphatic rings. The van der Waals surface area contributed by atoms with Gasteiger partial charge in [-0.25, -0.2) is 4.79 Å². The smallest absolute Gasteiger partial charge is 0.330 e. The van der Waals surface area contributed by atoms with Crippen LogP contribution in [-0.2, 0) is 9.53 Å². The molecule has 2 nitrogen and oxygen atoms in total. The molecule has 0 heterocycles. The van der Waals surface area contributed by atoms with Crippen LogP contribution < -0.4 is 0 Å². The van der Waals surface area contributed by atoms with Crippen LogP contribution in [0.2, 0.25) is 0 Å². The minimum absolute atomic E-state index is 0.0897. The fourth-order valence-electron chi connectivity index (χ4n) is 1.43. The summed E-state index contributed by atoms with van der Waals surface area (Å²) in [5.41, 5.74) is 0.0897. The Balaban J connectivity index is 3.66. The Kier molecular flexibility index (Phi) is 7.10. The van der Waals surface area contributed by atoms with Crippen LogP contribution in [0, 0.1) is 5.41 Å². The van der Waals surface area contributed by atoms with E-state index in [-0.39, 0.29) is 11.4 Å². The zero-order chi connectivity index (χ0) is 11.7. The first-order valence-corrected chi connectivity index (χ1v) is 5.81. The van der Waals surface area contributed by atoms with Crippen LogP contribution in [0.4, 0.5) is 0 Å². The van der Waals surface area contributed by atoms with Crippen LogP contribution in [0.25, 0.3) is 0 Å². The average molecular weight is 212 g/mol. The van der Waals surface area contributed by atoms with Gasteiger partial charge in [-0.15, -0.1) is 0 Å². The summed E-state index contributed by atoms with van der Waals surface area (Å²) < 4.78 is 5.06. The molecule has 88 valence electrons. The van der Waals surface area contributed by atoms with Crippen molar-refractivity contribution in [1.29, 1.82) is 0 Å². The molecule has 0 radical (unpaired) electrons. The van der Waals surface area contributed by atoms with Crippen molar-refractivity contribution in [3.63, 3.8) is 0 Å². The monoisotopic (exact) mass is 212 g/mol. The van der Waals surface area contributed by atoms with E-state index >= 15 is 0 Å². The largest absolute Gasteiger partial charge is 0.462 e. The summed E-state index contributed by atoms with van der Waals surface area (Å²) in [6, 6.07) is 0. The molecular formula is C13H24O2. The number of carbonyl (C=O) groups excluding carboxylic acids is 1. The molecule has 0 bridgehead atoms. The zero-order valence-corrected chi connectivity index (χ0v) is 10.3. The fourth-order valence-corrected chi connectivity index (χ4v) is 1.43. The number of hydrogen-bond acceptors (Lipinski definition) is 2. The Morgan fingerprint density at radius 3 is 2.53 bits per heavy atom. The molecule has 0 spiro atoms. The SMILES string of the molecule is C=CC(=O)OCC(C)(C)CCCCCC. The molecule has 0 aliphatic carbocycles. The lowest BCUT2D eigenvalue weighted by molar-refractivity contribution is -0.140. The van der Waals surface area contributed by atoms with Crippen molar-refractivity contribution in [2.75, 3.05) is 6.61 Å². The van der Waals surface area contributed by atoms with Crippen molar-refractivity contribution in [3.05, 3.63) is 12.7 Å². The summed E-state index contributed by atoms with van der Waals surface area (Å²) >= 11 is 0. The van der Waals surface area contributed by atoms with Gasteiger partial charge in [-0.1, -0.05) is 53.0 Å². The molecule has 0 atom stereocenters. The number of ether oxygens (including phenoxy) is 1. The summed E-state index contributed by atoms with van der Waals surface area (Å²) in [6.07, 6.45) is 7.36. The molecule has 0 saturated heterocycles. The second-order valence-corrected chi connectivity index (χ2v) is 4.79. The van der Waals surface area contributed by atoms with Crippen LogP contribution in [0.1, 0.15) is 52.9 Å². The predicted octanol–water partition coefficient (Wildman–Crippen LogP) is 3.71. The zero-order valence-electron chi connectivity index (χ0n) is 10.3. The summed E-state index contributed by atoms with van der Waals surface area (Å²) in [5, 5.41) is 0. The van der Waals surface area contributed by atoms with E-state index in [1.165, 1.54) is 31.8 Å². The molecule has 2 heteroatoms. The summed E-state index contributed by atoms with van der Waals surface area (Å²) in [7, 11) is 0. The van der Waals surface area contributed by atoms with Crippen molar-refractivity contribution in [3.8, 4) is 0 Å². The predicted molar refractivity (Wildman–Crippen MR) is 63.7 cm³/mol. The van der Waals surface area contributed by atoms with Gasteiger partial charge in [0.15, 0.2) is 0 Å². The summed E-state index contributed by atoms with van der Waals surface area (Å²) in [6.45, 7) is 10.3. The van der Waals surface area contributed by atoms with E-state index < -0.39 is 0 Å². The fraction of sp³-hybridized carbons (Fsp3) is 0.769. The highest BCUT2D eigenvalue weighted by atomic mass is 16.5. The highest BCUT2D eigenvalue weighted by Crippen LogP contribution is 2.24.